The van der Waals surface area contributed by atoms with Gasteiger partial charge >= 0.3 is 0 Å². The number of nitrogens with one attached hydrogen (secondary N) is 1. The van der Waals surface area contributed by atoms with Crippen LogP contribution < -0.4 is 5.32 Å². The van der Waals surface area contributed by atoms with Gasteiger partial charge in [-0.05, 0) is 30.4 Å². The highest BCUT2D eigenvalue weighted by atomic mass is 32.2. The molecule has 2 N–H and O–H groups in total. The van der Waals surface area contributed by atoms with Crippen LogP contribution in [0.5, 0.6) is 0 Å². The molecule has 4 heteroatoms. The molecule has 2 aliphatic rings. The molecule has 0 aliphatic carbocycles. The second-order valence-corrected chi connectivity index (χ2v) is 7.27. The Balaban J connectivity index is 1.89. The van der Waals surface area contributed by atoms with Crippen LogP contribution in [0.4, 0.5) is 0 Å². The van der Waals surface area contributed by atoms with Crippen molar-refractivity contribution in [3.05, 3.63) is 0 Å². The van der Waals surface area contributed by atoms with E-state index in [0.717, 1.165) is 31.7 Å². The molecular weight excluding hydrogens is 234 g/mol. The van der Waals surface area contributed by atoms with E-state index in [1.54, 1.807) is 0 Å². The van der Waals surface area contributed by atoms with E-state index in [0.29, 0.717) is 11.5 Å². The van der Waals surface area contributed by atoms with Crippen molar-refractivity contribution in [2.45, 2.75) is 44.8 Å². The predicted octanol–water partition coefficient (Wildman–Crippen LogP) is 1.65. The summed E-state index contributed by atoms with van der Waals surface area (Å²) in [5, 5.41) is 13.3. The number of thioether (sulfide) groups is 1. The zero-order valence-electron chi connectivity index (χ0n) is 11.0. The van der Waals surface area contributed by atoms with Gasteiger partial charge in [-0.25, -0.2) is 0 Å². The van der Waals surface area contributed by atoms with Gasteiger partial charge in [0.1, 0.15) is 0 Å². The van der Waals surface area contributed by atoms with Crippen LogP contribution in [0.25, 0.3) is 0 Å². The van der Waals surface area contributed by atoms with Gasteiger partial charge in [0.05, 0.1) is 18.2 Å². The molecule has 2 unspecified atom stereocenters. The van der Waals surface area contributed by atoms with E-state index in [1.165, 1.54) is 12.2 Å². The largest absolute Gasteiger partial charge is 0.394 e. The van der Waals surface area contributed by atoms with Gasteiger partial charge in [0.2, 0.25) is 0 Å². The summed E-state index contributed by atoms with van der Waals surface area (Å²) in [5.41, 5.74) is 0.216. The normalized spacial score (nSPS) is 37.2. The maximum absolute atomic E-state index is 9.73. The van der Waals surface area contributed by atoms with Crippen molar-refractivity contribution in [1.82, 2.24) is 5.32 Å². The molecule has 0 aromatic heterocycles. The third-order valence-electron chi connectivity index (χ3n) is 3.72. The summed E-state index contributed by atoms with van der Waals surface area (Å²) in [6.45, 7) is 6.60. The van der Waals surface area contributed by atoms with Crippen molar-refractivity contribution in [3.8, 4) is 0 Å². The quantitative estimate of drug-likeness (QED) is 0.805. The Kier molecular flexibility index (Phi) is 4.40. The topological polar surface area (TPSA) is 41.5 Å². The Bertz CT molecular complexity index is 254. The first-order valence-electron chi connectivity index (χ1n) is 6.61. The standard InChI is InChI=1S/C13H25NO2S/c1-12(2)7-13(8-15,10-17-9-12)14-6-11-4-3-5-16-11/h11,14-15H,3-10H2,1-2H3. The molecule has 2 fully saturated rings. The lowest BCUT2D eigenvalue weighted by Crippen LogP contribution is -2.57. The molecule has 17 heavy (non-hydrogen) atoms. The minimum absolute atomic E-state index is 0.0988. The van der Waals surface area contributed by atoms with Crippen LogP contribution in [0.2, 0.25) is 0 Å². The third-order valence-corrected chi connectivity index (χ3v) is 5.46. The van der Waals surface area contributed by atoms with E-state index in [1.807, 2.05) is 11.8 Å². The van der Waals surface area contributed by atoms with Gasteiger partial charge in [-0.1, -0.05) is 13.8 Å². The molecule has 0 aromatic carbocycles. The Hall–Kier alpha value is 0.230. The maximum Gasteiger partial charge on any atom is 0.0700 e. The summed E-state index contributed by atoms with van der Waals surface area (Å²) in [6.07, 6.45) is 3.74. The molecule has 3 nitrogen and oxygen atoms in total. The smallest absolute Gasteiger partial charge is 0.0700 e. The van der Waals surface area contributed by atoms with Crippen molar-refractivity contribution in [2.75, 3.05) is 31.3 Å². The molecule has 0 amide bonds. The first-order chi connectivity index (χ1) is 8.05. The van der Waals surface area contributed by atoms with Crippen LogP contribution in [0, 0.1) is 5.41 Å². The van der Waals surface area contributed by atoms with Crippen LogP contribution in [0.15, 0.2) is 0 Å². The minimum Gasteiger partial charge on any atom is -0.394 e. The summed E-state index contributed by atoms with van der Waals surface area (Å²) in [5.74, 6) is 2.20. The summed E-state index contributed by atoms with van der Waals surface area (Å²) >= 11 is 1.95. The number of hydrogen-bond donors (Lipinski definition) is 2. The zero-order chi connectivity index (χ0) is 12.4. The Morgan fingerprint density at radius 2 is 2.24 bits per heavy atom. The van der Waals surface area contributed by atoms with E-state index in [2.05, 4.69) is 19.2 Å². The van der Waals surface area contributed by atoms with Gasteiger partial charge in [0.25, 0.3) is 0 Å². The SMILES string of the molecule is CC1(C)CSCC(CO)(NCC2CCCO2)C1. The Labute approximate surface area is 109 Å². The molecule has 0 bridgehead atoms. The van der Waals surface area contributed by atoms with Crippen LogP contribution in [0.3, 0.4) is 0 Å². The highest BCUT2D eigenvalue weighted by Crippen LogP contribution is 2.39. The number of ether oxygens (including phenoxy) is 1. The second kappa shape index (κ2) is 5.47. The number of aliphatic hydroxyl groups excluding tert-OH is 1. The fourth-order valence-electron chi connectivity index (χ4n) is 2.95. The van der Waals surface area contributed by atoms with Gasteiger partial charge in [0, 0.05) is 18.9 Å². The highest BCUT2D eigenvalue weighted by molar-refractivity contribution is 7.99. The molecule has 0 spiro atoms. The molecular formula is C13H25NO2S. The van der Waals surface area contributed by atoms with Crippen molar-refractivity contribution in [2.24, 2.45) is 5.41 Å². The van der Waals surface area contributed by atoms with Crippen molar-refractivity contribution >= 4 is 11.8 Å². The second-order valence-electron chi connectivity index (χ2n) is 6.29. The lowest BCUT2D eigenvalue weighted by Gasteiger charge is -2.44. The van der Waals surface area contributed by atoms with Gasteiger partial charge in [0.15, 0.2) is 0 Å². The van der Waals surface area contributed by atoms with Crippen LogP contribution in [-0.4, -0.2) is 48.0 Å². The molecule has 0 radical (unpaired) electrons. The number of rotatable bonds is 4. The monoisotopic (exact) mass is 259 g/mol. The van der Waals surface area contributed by atoms with Gasteiger partial charge < -0.3 is 15.2 Å². The summed E-state index contributed by atoms with van der Waals surface area (Å²) in [4.78, 5) is 0. The van der Waals surface area contributed by atoms with Crippen molar-refractivity contribution in [3.63, 3.8) is 0 Å². The zero-order valence-corrected chi connectivity index (χ0v) is 11.8. The number of aliphatic hydroxyl groups is 1. The van der Waals surface area contributed by atoms with Crippen molar-refractivity contribution in [1.29, 1.82) is 0 Å². The Morgan fingerprint density at radius 1 is 1.41 bits per heavy atom. The van der Waals surface area contributed by atoms with E-state index in [4.69, 9.17) is 4.74 Å². The minimum atomic E-state index is -0.0988. The van der Waals surface area contributed by atoms with Crippen LogP contribution in [0.1, 0.15) is 33.1 Å². The summed E-state index contributed by atoms with van der Waals surface area (Å²) in [7, 11) is 0. The fraction of sp³-hybridized carbons (Fsp3) is 1.00. The highest BCUT2D eigenvalue weighted by Gasteiger charge is 2.40. The first-order valence-corrected chi connectivity index (χ1v) is 7.76. The molecule has 2 saturated heterocycles. The summed E-state index contributed by atoms with van der Waals surface area (Å²) in [6, 6.07) is 0. The molecule has 100 valence electrons. The van der Waals surface area contributed by atoms with E-state index < -0.39 is 0 Å². The van der Waals surface area contributed by atoms with E-state index >= 15 is 0 Å². The Morgan fingerprint density at radius 3 is 2.82 bits per heavy atom. The van der Waals surface area contributed by atoms with Crippen molar-refractivity contribution < 1.29 is 9.84 Å². The predicted molar refractivity (Wildman–Crippen MR) is 72.5 cm³/mol. The molecule has 0 saturated carbocycles. The van der Waals surface area contributed by atoms with E-state index in [9.17, 15) is 5.11 Å². The van der Waals surface area contributed by atoms with Crippen LogP contribution >= 0.6 is 11.8 Å². The van der Waals surface area contributed by atoms with Crippen LogP contribution in [-0.2, 0) is 4.74 Å². The maximum atomic E-state index is 9.73. The van der Waals surface area contributed by atoms with E-state index in [-0.39, 0.29) is 12.1 Å². The number of hydrogen-bond acceptors (Lipinski definition) is 4. The lowest BCUT2D eigenvalue weighted by atomic mass is 9.80. The van der Waals surface area contributed by atoms with Gasteiger partial charge in [-0.3, -0.25) is 0 Å². The molecule has 0 aromatic rings. The van der Waals surface area contributed by atoms with Gasteiger partial charge in [-0.15, -0.1) is 0 Å². The lowest BCUT2D eigenvalue weighted by molar-refractivity contribution is 0.0789. The fourth-order valence-corrected chi connectivity index (χ4v) is 4.39. The average molecular weight is 259 g/mol. The van der Waals surface area contributed by atoms with Gasteiger partial charge in [-0.2, -0.15) is 11.8 Å². The average Bonchev–Trinajstić information content (AvgIpc) is 2.78. The summed E-state index contributed by atoms with van der Waals surface area (Å²) < 4.78 is 5.63. The third kappa shape index (κ3) is 3.60. The molecule has 2 atom stereocenters. The molecule has 2 heterocycles. The molecule has 2 rings (SSSR count). The first kappa shape index (κ1) is 13.7. The molecule has 2 aliphatic heterocycles.